The summed E-state index contributed by atoms with van der Waals surface area (Å²) in [6.07, 6.45) is 2.69. The highest BCUT2D eigenvalue weighted by Crippen LogP contribution is 2.44. The molecule has 0 amide bonds. The van der Waals surface area contributed by atoms with Crippen molar-refractivity contribution in [3.63, 3.8) is 0 Å². The van der Waals surface area contributed by atoms with Crippen LogP contribution >= 0.6 is 0 Å². The number of hydrogen-bond donors (Lipinski definition) is 5. The fourth-order valence-corrected chi connectivity index (χ4v) is 3.27. The fourth-order valence-electron chi connectivity index (χ4n) is 3.27. The van der Waals surface area contributed by atoms with Gasteiger partial charge in [-0.3, -0.25) is 0 Å². The zero-order valence-corrected chi connectivity index (χ0v) is 11.6. The predicted molar refractivity (Wildman–Crippen MR) is 76.8 cm³/mol. The second-order valence-electron chi connectivity index (χ2n) is 5.70. The smallest absolute Gasteiger partial charge is 0.137 e. The summed E-state index contributed by atoms with van der Waals surface area (Å²) in [4.78, 5) is 0. The molecule has 4 unspecified atom stereocenters. The highest BCUT2D eigenvalue weighted by Gasteiger charge is 2.57. The van der Waals surface area contributed by atoms with Gasteiger partial charge in [0.15, 0.2) is 0 Å². The van der Waals surface area contributed by atoms with Crippen molar-refractivity contribution in [1.29, 1.82) is 0 Å². The first kappa shape index (κ1) is 15.4. The van der Waals surface area contributed by atoms with Gasteiger partial charge in [-0.25, -0.2) is 0 Å². The molecular formula is C15H24N2O3. The summed E-state index contributed by atoms with van der Waals surface area (Å²) in [6.45, 7) is -0.430. The molecule has 0 spiro atoms. The molecule has 0 saturated heterocycles. The van der Waals surface area contributed by atoms with Gasteiger partial charge in [0.05, 0.1) is 12.6 Å². The Morgan fingerprint density at radius 2 is 1.95 bits per heavy atom. The number of rotatable bonds is 4. The van der Waals surface area contributed by atoms with Crippen LogP contribution in [0.15, 0.2) is 30.3 Å². The van der Waals surface area contributed by atoms with Crippen LogP contribution in [0.4, 0.5) is 0 Å². The lowest BCUT2D eigenvalue weighted by molar-refractivity contribution is -0.198. The third-order valence-corrected chi connectivity index (χ3v) is 4.54. The Kier molecular flexibility index (Phi) is 4.46. The van der Waals surface area contributed by atoms with Gasteiger partial charge in [-0.15, -0.1) is 0 Å². The van der Waals surface area contributed by atoms with Gasteiger partial charge in [0, 0.05) is 6.04 Å². The predicted octanol–water partition coefficient (Wildman–Crippen LogP) is -0.174. The van der Waals surface area contributed by atoms with E-state index in [4.69, 9.17) is 11.5 Å². The first-order chi connectivity index (χ1) is 9.46. The Hall–Kier alpha value is -0.980. The molecule has 20 heavy (non-hydrogen) atoms. The Morgan fingerprint density at radius 1 is 1.30 bits per heavy atom. The van der Waals surface area contributed by atoms with Gasteiger partial charge in [-0.05, 0) is 18.4 Å². The molecule has 5 nitrogen and oxygen atoms in total. The minimum absolute atomic E-state index is 0.368. The van der Waals surface area contributed by atoms with Gasteiger partial charge in [0.2, 0.25) is 0 Å². The van der Waals surface area contributed by atoms with E-state index in [0.717, 1.165) is 12.8 Å². The van der Waals surface area contributed by atoms with E-state index < -0.39 is 29.9 Å². The zero-order valence-electron chi connectivity index (χ0n) is 11.6. The molecule has 5 heteroatoms. The van der Waals surface area contributed by atoms with Crippen LogP contribution in [0.5, 0.6) is 0 Å². The summed E-state index contributed by atoms with van der Waals surface area (Å²) in [7, 11) is 0. The maximum absolute atomic E-state index is 11.2. The van der Waals surface area contributed by atoms with E-state index in [-0.39, 0.29) is 0 Å². The topological polar surface area (TPSA) is 113 Å². The first-order valence-corrected chi connectivity index (χ1v) is 7.09. The second kappa shape index (κ2) is 5.79. The molecule has 0 radical (unpaired) electrons. The van der Waals surface area contributed by atoms with Gasteiger partial charge in [-0.1, -0.05) is 43.2 Å². The minimum Gasteiger partial charge on any atom is -0.395 e. The van der Waals surface area contributed by atoms with Crippen LogP contribution in [0.25, 0.3) is 0 Å². The van der Waals surface area contributed by atoms with Gasteiger partial charge < -0.3 is 26.8 Å². The largest absolute Gasteiger partial charge is 0.395 e. The molecule has 1 aromatic rings. The van der Waals surface area contributed by atoms with E-state index in [1.165, 1.54) is 0 Å². The molecule has 1 aliphatic carbocycles. The molecule has 4 atom stereocenters. The summed E-state index contributed by atoms with van der Waals surface area (Å²) in [5.74, 6) is 0. The molecule has 1 aromatic carbocycles. The molecule has 1 fully saturated rings. The molecule has 0 bridgehead atoms. The van der Waals surface area contributed by atoms with Crippen LogP contribution in [0, 0.1) is 0 Å². The van der Waals surface area contributed by atoms with E-state index in [0.29, 0.717) is 18.4 Å². The Labute approximate surface area is 119 Å². The van der Waals surface area contributed by atoms with Crippen LogP contribution in [0.1, 0.15) is 31.2 Å². The molecule has 1 saturated carbocycles. The quantitative estimate of drug-likeness (QED) is 0.525. The van der Waals surface area contributed by atoms with Gasteiger partial charge in [0.25, 0.3) is 0 Å². The molecule has 7 N–H and O–H groups in total. The minimum atomic E-state index is -1.76. The normalized spacial score (nSPS) is 31.6. The van der Waals surface area contributed by atoms with Crippen molar-refractivity contribution in [2.24, 2.45) is 11.5 Å². The van der Waals surface area contributed by atoms with E-state index in [1.54, 1.807) is 24.3 Å². The molecule has 0 heterocycles. The van der Waals surface area contributed by atoms with E-state index in [9.17, 15) is 15.3 Å². The van der Waals surface area contributed by atoms with Crippen LogP contribution < -0.4 is 11.5 Å². The number of aliphatic hydroxyl groups excluding tert-OH is 1. The highest BCUT2D eigenvalue weighted by atomic mass is 16.4. The molecule has 0 aliphatic heterocycles. The van der Waals surface area contributed by atoms with Crippen molar-refractivity contribution in [3.8, 4) is 0 Å². The lowest BCUT2D eigenvalue weighted by Crippen LogP contribution is -2.69. The lowest BCUT2D eigenvalue weighted by Gasteiger charge is -2.51. The third-order valence-electron chi connectivity index (χ3n) is 4.54. The van der Waals surface area contributed by atoms with E-state index in [1.807, 2.05) is 6.07 Å². The maximum atomic E-state index is 11.2. The van der Waals surface area contributed by atoms with E-state index >= 15 is 0 Å². The third kappa shape index (κ3) is 2.25. The Morgan fingerprint density at radius 3 is 2.50 bits per heavy atom. The Balaban J connectivity index is 2.52. The van der Waals surface area contributed by atoms with Crippen LogP contribution in [-0.4, -0.2) is 39.6 Å². The second-order valence-corrected chi connectivity index (χ2v) is 5.70. The summed E-state index contributed by atoms with van der Waals surface area (Å²) in [5.41, 5.74) is 9.22. The standard InChI is InChI=1S/C15H24N2O3/c16-12-8-4-5-9-14(12,19)15(20,13(17)10-18)11-6-2-1-3-7-11/h1-3,6-7,12-13,18-20H,4-5,8-10,16-17H2. The summed E-state index contributed by atoms with van der Waals surface area (Å²) >= 11 is 0. The fraction of sp³-hybridized carbons (Fsp3) is 0.600. The van der Waals surface area contributed by atoms with Crippen molar-refractivity contribution in [3.05, 3.63) is 35.9 Å². The van der Waals surface area contributed by atoms with Gasteiger partial charge in [0.1, 0.15) is 11.2 Å². The van der Waals surface area contributed by atoms with Crippen LogP contribution in [0.2, 0.25) is 0 Å². The van der Waals surface area contributed by atoms with Crippen molar-refractivity contribution in [1.82, 2.24) is 0 Å². The van der Waals surface area contributed by atoms with E-state index in [2.05, 4.69) is 0 Å². The number of nitrogens with two attached hydrogens (primary N) is 2. The van der Waals surface area contributed by atoms with Crippen molar-refractivity contribution < 1.29 is 15.3 Å². The van der Waals surface area contributed by atoms with Crippen LogP contribution in [0.3, 0.4) is 0 Å². The average molecular weight is 280 g/mol. The Bertz CT molecular complexity index is 442. The summed E-state index contributed by atoms with van der Waals surface area (Å²) in [5, 5.41) is 31.7. The highest BCUT2D eigenvalue weighted by molar-refractivity contribution is 5.30. The van der Waals surface area contributed by atoms with Crippen molar-refractivity contribution in [2.45, 2.75) is 49.0 Å². The molecule has 2 rings (SSSR count). The van der Waals surface area contributed by atoms with Crippen LogP contribution in [-0.2, 0) is 5.60 Å². The summed E-state index contributed by atoms with van der Waals surface area (Å²) in [6, 6.07) is 7.19. The zero-order chi connectivity index (χ0) is 14.8. The molecule has 0 aromatic heterocycles. The molecular weight excluding hydrogens is 256 g/mol. The number of hydrogen-bond acceptors (Lipinski definition) is 5. The number of benzene rings is 1. The number of aliphatic hydroxyl groups is 3. The lowest BCUT2D eigenvalue weighted by atomic mass is 9.64. The van der Waals surface area contributed by atoms with Gasteiger partial charge >= 0.3 is 0 Å². The average Bonchev–Trinajstić information content (AvgIpc) is 2.49. The first-order valence-electron chi connectivity index (χ1n) is 7.09. The maximum Gasteiger partial charge on any atom is 0.137 e. The van der Waals surface area contributed by atoms with Crippen molar-refractivity contribution in [2.75, 3.05) is 6.61 Å². The van der Waals surface area contributed by atoms with Crippen molar-refractivity contribution >= 4 is 0 Å². The van der Waals surface area contributed by atoms with Gasteiger partial charge in [-0.2, -0.15) is 0 Å². The SMILES string of the molecule is NC1CCCCC1(O)C(O)(c1ccccc1)C(N)CO. The summed E-state index contributed by atoms with van der Waals surface area (Å²) < 4.78 is 0. The monoisotopic (exact) mass is 280 g/mol. The molecule has 112 valence electrons. The molecule has 1 aliphatic rings.